The van der Waals surface area contributed by atoms with Crippen molar-refractivity contribution in [2.24, 2.45) is 0 Å². The molecule has 2 aromatic heterocycles. The molecule has 31 heavy (non-hydrogen) atoms. The van der Waals surface area contributed by atoms with Gasteiger partial charge >= 0.3 is 5.97 Å². The summed E-state index contributed by atoms with van der Waals surface area (Å²) in [7, 11) is 0. The third kappa shape index (κ3) is 4.78. The zero-order valence-corrected chi connectivity index (χ0v) is 17.2. The van der Waals surface area contributed by atoms with E-state index >= 15 is 0 Å². The lowest BCUT2D eigenvalue weighted by Gasteiger charge is -2.07. The van der Waals surface area contributed by atoms with Crippen LogP contribution >= 0.6 is 11.3 Å². The van der Waals surface area contributed by atoms with Gasteiger partial charge in [0.2, 0.25) is 0 Å². The van der Waals surface area contributed by atoms with Crippen molar-refractivity contribution >= 4 is 39.1 Å². The van der Waals surface area contributed by atoms with Gasteiger partial charge in [0.15, 0.2) is 12.5 Å². The highest BCUT2D eigenvalue weighted by atomic mass is 32.1. The number of thiazole rings is 1. The first-order valence-corrected chi connectivity index (χ1v) is 10.1. The Bertz CT molecular complexity index is 1340. The molecule has 2 heterocycles. The second kappa shape index (κ2) is 8.41. The fourth-order valence-corrected chi connectivity index (χ4v) is 3.98. The molecule has 2 aromatic carbocycles. The molecule has 0 saturated heterocycles. The number of pyridine rings is 1. The van der Waals surface area contributed by atoms with Crippen molar-refractivity contribution in [1.82, 2.24) is 9.97 Å². The molecule has 0 atom stereocenters. The normalized spacial score (nSPS) is 10.7. The van der Waals surface area contributed by atoms with Gasteiger partial charge in [-0.15, -0.1) is 11.3 Å². The number of hydrogen-bond acceptors (Lipinski definition) is 7. The fraction of sp³-hybridized carbons (Fsp3) is 0.0909. The number of aromatic hydroxyl groups is 1. The van der Waals surface area contributed by atoms with Crippen molar-refractivity contribution in [2.75, 3.05) is 11.9 Å². The van der Waals surface area contributed by atoms with Crippen LogP contribution in [0.4, 0.5) is 5.69 Å². The SMILES string of the molecule is Cc1ccc2nc(-c3ccc(NC(=O)COC(=O)c4cc(O)[nH]c(=O)c4)cc3)sc2c1. The lowest BCUT2D eigenvalue weighted by atomic mass is 10.2. The van der Waals surface area contributed by atoms with Gasteiger partial charge in [-0.1, -0.05) is 6.07 Å². The summed E-state index contributed by atoms with van der Waals surface area (Å²) in [5, 5.41) is 12.8. The number of aryl methyl sites for hydroxylation is 1. The number of H-pyrrole nitrogens is 1. The zero-order valence-electron chi connectivity index (χ0n) is 16.3. The second-order valence-electron chi connectivity index (χ2n) is 6.81. The number of hydrogen-bond donors (Lipinski definition) is 3. The Morgan fingerprint density at radius 2 is 1.90 bits per heavy atom. The average Bonchev–Trinajstić information content (AvgIpc) is 3.15. The number of nitrogens with one attached hydrogen (secondary N) is 2. The number of rotatable bonds is 5. The van der Waals surface area contributed by atoms with E-state index in [0.29, 0.717) is 5.69 Å². The number of ether oxygens (including phenoxy) is 1. The van der Waals surface area contributed by atoms with Gasteiger partial charge in [0.05, 0.1) is 15.8 Å². The molecule has 0 spiro atoms. The van der Waals surface area contributed by atoms with Crippen molar-refractivity contribution < 1.29 is 19.4 Å². The van der Waals surface area contributed by atoms with E-state index in [1.807, 2.05) is 31.2 Å². The van der Waals surface area contributed by atoms with Gasteiger partial charge in [-0.2, -0.15) is 0 Å². The standard InChI is InChI=1S/C22H17N3O5S/c1-12-2-7-16-17(8-12)31-21(24-16)13-3-5-15(6-4-13)23-20(28)11-30-22(29)14-9-18(26)25-19(27)10-14/h2-10H,11H2,1H3,(H,23,28)(H2,25,26,27). The third-order valence-corrected chi connectivity index (χ3v) is 5.43. The van der Waals surface area contributed by atoms with E-state index in [1.54, 1.807) is 23.5 Å². The summed E-state index contributed by atoms with van der Waals surface area (Å²) in [5.74, 6) is -1.89. The maximum atomic E-state index is 12.1. The summed E-state index contributed by atoms with van der Waals surface area (Å²) < 4.78 is 6.00. The molecule has 0 bridgehead atoms. The van der Waals surface area contributed by atoms with E-state index < -0.39 is 29.9 Å². The van der Waals surface area contributed by atoms with Crippen LogP contribution in [0, 0.1) is 6.92 Å². The molecule has 8 nitrogen and oxygen atoms in total. The van der Waals surface area contributed by atoms with E-state index in [1.165, 1.54) is 5.56 Å². The zero-order chi connectivity index (χ0) is 22.0. The van der Waals surface area contributed by atoms with E-state index in [9.17, 15) is 19.5 Å². The summed E-state index contributed by atoms with van der Waals surface area (Å²) >= 11 is 1.60. The van der Waals surface area contributed by atoms with Gasteiger partial charge in [-0.25, -0.2) is 9.78 Å². The van der Waals surface area contributed by atoms with Crippen LogP contribution in [-0.4, -0.2) is 33.6 Å². The minimum Gasteiger partial charge on any atom is -0.494 e. The number of carbonyl (C=O) groups is 2. The molecule has 4 aromatic rings. The Hall–Kier alpha value is -3.98. The number of anilines is 1. The second-order valence-corrected chi connectivity index (χ2v) is 7.84. The molecule has 0 aliphatic rings. The van der Waals surface area contributed by atoms with Crippen molar-refractivity contribution in [3.8, 4) is 16.5 Å². The van der Waals surface area contributed by atoms with Gasteiger partial charge in [-0.05, 0) is 48.9 Å². The number of fused-ring (bicyclic) bond motifs is 1. The van der Waals surface area contributed by atoms with Crippen LogP contribution in [0.5, 0.6) is 5.88 Å². The van der Waals surface area contributed by atoms with Gasteiger partial charge in [-0.3, -0.25) is 14.6 Å². The van der Waals surface area contributed by atoms with E-state index in [0.717, 1.165) is 32.9 Å². The largest absolute Gasteiger partial charge is 0.494 e. The van der Waals surface area contributed by atoms with Crippen LogP contribution in [0.1, 0.15) is 15.9 Å². The average molecular weight is 435 g/mol. The van der Waals surface area contributed by atoms with Crippen LogP contribution < -0.4 is 10.9 Å². The Kier molecular flexibility index (Phi) is 5.50. The minimum absolute atomic E-state index is 0.149. The molecule has 0 aliphatic heterocycles. The Labute approximate surface area is 180 Å². The predicted octanol–water partition coefficient (Wildman–Crippen LogP) is 3.46. The molecule has 0 saturated carbocycles. The van der Waals surface area contributed by atoms with Crippen molar-refractivity contribution in [1.29, 1.82) is 0 Å². The minimum atomic E-state index is -0.891. The third-order valence-electron chi connectivity index (χ3n) is 4.36. The highest BCUT2D eigenvalue weighted by Gasteiger charge is 2.13. The molecule has 3 N–H and O–H groups in total. The summed E-state index contributed by atoms with van der Waals surface area (Å²) in [4.78, 5) is 42.0. The molecular weight excluding hydrogens is 418 g/mol. The predicted molar refractivity (Wildman–Crippen MR) is 117 cm³/mol. The van der Waals surface area contributed by atoms with Crippen LogP contribution in [0.15, 0.2) is 59.4 Å². The number of aromatic amines is 1. The molecule has 9 heteroatoms. The number of amides is 1. The summed E-state index contributed by atoms with van der Waals surface area (Å²) in [6.45, 7) is 1.50. The Morgan fingerprint density at radius 1 is 1.13 bits per heavy atom. The van der Waals surface area contributed by atoms with Gasteiger partial charge in [0, 0.05) is 23.4 Å². The van der Waals surface area contributed by atoms with Gasteiger partial charge in [0.25, 0.3) is 11.5 Å². The molecule has 0 unspecified atom stereocenters. The quantitative estimate of drug-likeness (QED) is 0.413. The first-order chi connectivity index (χ1) is 14.9. The van der Waals surface area contributed by atoms with Gasteiger partial charge < -0.3 is 15.2 Å². The summed E-state index contributed by atoms with van der Waals surface area (Å²) in [6.07, 6.45) is 0. The highest BCUT2D eigenvalue weighted by Crippen LogP contribution is 2.31. The van der Waals surface area contributed by atoms with Crippen LogP contribution in [0.2, 0.25) is 0 Å². The highest BCUT2D eigenvalue weighted by molar-refractivity contribution is 7.21. The van der Waals surface area contributed by atoms with Crippen LogP contribution in [0.25, 0.3) is 20.8 Å². The Balaban J connectivity index is 1.37. The lowest BCUT2D eigenvalue weighted by molar-refractivity contribution is -0.119. The number of esters is 1. The smallest absolute Gasteiger partial charge is 0.339 e. The molecule has 156 valence electrons. The molecular formula is C22H17N3O5S. The maximum Gasteiger partial charge on any atom is 0.339 e. The topological polar surface area (TPSA) is 121 Å². The number of nitrogens with zero attached hydrogens (tertiary/aromatic N) is 1. The maximum absolute atomic E-state index is 12.1. The summed E-state index contributed by atoms with van der Waals surface area (Å²) in [6, 6.07) is 15.3. The monoisotopic (exact) mass is 435 g/mol. The van der Waals surface area contributed by atoms with Crippen LogP contribution in [0.3, 0.4) is 0 Å². The van der Waals surface area contributed by atoms with Crippen molar-refractivity contribution in [3.05, 3.63) is 76.1 Å². The number of aromatic nitrogens is 2. The lowest BCUT2D eigenvalue weighted by Crippen LogP contribution is -2.21. The van der Waals surface area contributed by atoms with E-state index in [4.69, 9.17) is 4.74 Å². The van der Waals surface area contributed by atoms with Crippen molar-refractivity contribution in [2.45, 2.75) is 6.92 Å². The summed E-state index contributed by atoms with van der Waals surface area (Å²) in [5.41, 5.74) is 2.79. The Morgan fingerprint density at radius 3 is 2.65 bits per heavy atom. The van der Waals surface area contributed by atoms with Crippen LogP contribution in [-0.2, 0) is 9.53 Å². The molecule has 0 fully saturated rings. The van der Waals surface area contributed by atoms with Crippen molar-refractivity contribution in [3.63, 3.8) is 0 Å². The van der Waals surface area contributed by atoms with E-state index in [-0.39, 0.29) is 5.56 Å². The number of carbonyl (C=O) groups excluding carboxylic acids is 2. The first kappa shape index (κ1) is 20.3. The number of benzene rings is 2. The molecule has 1 amide bonds. The van der Waals surface area contributed by atoms with E-state index in [2.05, 4.69) is 21.4 Å². The first-order valence-electron chi connectivity index (χ1n) is 9.25. The fourth-order valence-electron chi connectivity index (χ4n) is 2.91. The molecule has 0 radical (unpaired) electrons. The molecule has 0 aliphatic carbocycles. The van der Waals surface area contributed by atoms with Gasteiger partial charge in [0.1, 0.15) is 5.01 Å². The molecule has 4 rings (SSSR count).